The van der Waals surface area contributed by atoms with Gasteiger partial charge in [0.05, 0.1) is 13.0 Å². The minimum atomic E-state index is -0.791. The molecule has 4 heteroatoms. The molecule has 0 bridgehead atoms. The Morgan fingerprint density at radius 1 is 1.50 bits per heavy atom. The predicted molar refractivity (Wildman–Crippen MR) is 70.9 cm³/mol. The van der Waals surface area contributed by atoms with E-state index >= 15 is 0 Å². The maximum atomic E-state index is 11.3. The van der Waals surface area contributed by atoms with Gasteiger partial charge in [0.15, 0.2) is 0 Å². The van der Waals surface area contributed by atoms with Crippen LogP contribution in [0.5, 0.6) is 5.75 Å². The predicted octanol–water partition coefficient (Wildman–Crippen LogP) is 2.37. The standard InChI is InChI=1S/C14H21NO3/c1-5-10(14(16)17)13(15-3)11-8-9(2)6-7-12(11)18-4/h6-8,10,13,15H,5H2,1-4H3,(H,16,17). The van der Waals surface area contributed by atoms with Gasteiger partial charge in [0.2, 0.25) is 0 Å². The van der Waals surface area contributed by atoms with Gasteiger partial charge in [-0.3, -0.25) is 4.79 Å². The van der Waals surface area contributed by atoms with Crippen molar-refractivity contribution in [2.24, 2.45) is 5.92 Å². The van der Waals surface area contributed by atoms with Crippen LogP contribution in [0.2, 0.25) is 0 Å². The normalized spacial score (nSPS) is 14.0. The van der Waals surface area contributed by atoms with E-state index in [9.17, 15) is 9.90 Å². The Balaban J connectivity index is 3.22. The Hall–Kier alpha value is -1.55. The Morgan fingerprint density at radius 3 is 2.61 bits per heavy atom. The molecule has 0 aromatic heterocycles. The third kappa shape index (κ3) is 3.01. The number of carboxylic acids is 1. The summed E-state index contributed by atoms with van der Waals surface area (Å²) in [6.45, 7) is 3.86. The third-order valence-electron chi connectivity index (χ3n) is 3.19. The van der Waals surface area contributed by atoms with Crippen LogP contribution < -0.4 is 10.1 Å². The first kappa shape index (κ1) is 14.5. The third-order valence-corrected chi connectivity index (χ3v) is 3.19. The molecule has 0 amide bonds. The van der Waals surface area contributed by atoms with Gasteiger partial charge in [0.1, 0.15) is 5.75 Å². The molecule has 0 saturated heterocycles. The van der Waals surface area contributed by atoms with Gasteiger partial charge in [-0.25, -0.2) is 0 Å². The highest BCUT2D eigenvalue weighted by molar-refractivity contribution is 5.71. The zero-order chi connectivity index (χ0) is 13.7. The first-order valence-corrected chi connectivity index (χ1v) is 6.09. The number of nitrogens with one attached hydrogen (secondary N) is 1. The summed E-state index contributed by atoms with van der Waals surface area (Å²) in [6.07, 6.45) is 0.567. The van der Waals surface area contributed by atoms with Gasteiger partial charge >= 0.3 is 5.97 Å². The first-order valence-electron chi connectivity index (χ1n) is 6.09. The van der Waals surface area contributed by atoms with Crippen LogP contribution in [0.4, 0.5) is 0 Å². The van der Waals surface area contributed by atoms with Crippen molar-refractivity contribution in [3.05, 3.63) is 29.3 Å². The lowest BCUT2D eigenvalue weighted by Gasteiger charge is -2.25. The van der Waals surface area contributed by atoms with Gasteiger partial charge in [0, 0.05) is 11.6 Å². The van der Waals surface area contributed by atoms with Crippen LogP contribution in [-0.2, 0) is 4.79 Å². The second-order valence-corrected chi connectivity index (χ2v) is 4.36. The number of hydrogen-bond acceptors (Lipinski definition) is 3. The Kier molecular flexibility index (Phi) is 5.16. The van der Waals surface area contributed by atoms with E-state index in [0.29, 0.717) is 6.42 Å². The second kappa shape index (κ2) is 6.40. The molecule has 0 radical (unpaired) electrons. The molecule has 0 saturated carbocycles. The molecule has 0 aliphatic heterocycles. The van der Waals surface area contributed by atoms with Crippen LogP contribution >= 0.6 is 0 Å². The average Bonchev–Trinajstić information content (AvgIpc) is 2.35. The van der Waals surface area contributed by atoms with Crippen molar-refractivity contribution in [2.75, 3.05) is 14.2 Å². The van der Waals surface area contributed by atoms with Gasteiger partial charge in [-0.05, 0) is 26.5 Å². The zero-order valence-corrected chi connectivity index (χ0v) is 11.4. The minimum absolute atomic E-state index is 0.248. The van der Waals surface area contributed by atoms with E-state index in [1.165, 1.54) is 0 Å². The maximum absolute atomic E-state index is 11.3. The summed E-state index contributed by atoms with van der Waals surface area (Å²) in [5, 5.41) is 12.4. The summed E-state index contributed by atoms with van der Waals surface area (Å²) in [4.78, 5) is 11.3. The van der Waals surface area contributed by atoms with Gasteiger partial charge in [-0.15, -0.1) is 0 Å². The van der Waals surface area contributed by atoms with Crippen molar-refractivity contribution in [2.45, 2.75) is 26.3 Å². The number of aryl methyl sites for hydroxylation is 1. The smallest absolute Gasteiger partial charge is 0.308 e. The second-order valence-electron chi connectivity index (χ2n) is 4.36. The van der Waals surface area contributed by atoms with E-state index < -0.39 is 11.9 Å². The number of methoxy groups -OCH3 is 1. The molecule has 100 valence electrons. The highest BCUT2D eigenvalue weighted by Crippen LogP contribution is 2.32. The summed E-state index contributed by atoms with van der Waals surface area (Å²) < 4.78 is 5.32. The maximum Gasteiger partial charge on any atom is 0.308 e. The molecule has 0 heterocycles. The largest absolute Gasteiger partial charge is 0.496 e. The molecular weight excluding hydrogens is 230 g/mol. The number of hydrogen-bond donors (Lipinski definition) is 2. The molecule has 0 fully saturated rings. The molecule has 18 heavy (non-hydrogen) atoms. The number of rotatable bonds is 6. The highest BCUT2D eigenvalue weighted by Gasteiger charge is 2.28. The Morgan fingerprint density at radius 2 is 2.17 bits per heavy atom. The van der Waals surface area contributed by atoms with Crippen LogP contribution in [0.15, 0.2) is 18.2 Å². The molecule has 2 atom stereocenters. The molecule has 1 rings (SSSR count). The molecule has 1 aromatic rings. The summed E-state index contributed by atoms with van der Waals surface area (Å²) in [5.41, 5.74) is 1.99. The van der Waals surface area contributed by atoms with E-state index in [1.807, 2.05) is 32.0 Å². The molecule has 1 aromatic carbocycles. The van der Waals surface area contributed by atoms with Crippen molar-refractivity contribution in [3.8, 4) is 5.75 Å². The molecule has 2 N–H and O–H groups in total. The topological polar surface area (TPSA) is 58.6 Å². The lowest BCUT2D eigenvalue weighted by Crippen LogP contribution is -2.30. The molecule has 2 unspecified atom stereocenters. The van der Waals surface area contributed by atoms with E-state index in [2.05, 4.69) is 5.32 Å². The van der Waals surface area contributed by atoms with Gasteiger partial charge in [-0.1, -0.05) is 24.6 Å². The number of carbonyl (C=O) groups is 1. The van der Waals surface area contributed by atoms with Crippen molar-refractivity contribution >= 4 is 5.97 Å². The van der Waals surface area contributed by atoms with Crippen LogP contribution in [-0.4, -0.2) is 25.2 Å². The van der Waals surface area contributed by atoms with E-state index in [0.717, 1.165) is 16.9 Å². The molecule has 4 nitrogen and oxygen atoms in total. The number of ether oxygens (including phenoxy) is 1. The highest BCUT2D eigenvalue weighted by atomic mass is 16.5. The minimum Gasteiger partial charge on any atom is -0.496 e. The van der Waals surface area contributed by atoms with Gasteiger partial charge in [-0.2, -0.15) is 0 Å². The Labute approximate surface area is 108 Å². The van der Waals surface area contributed by atoms with Crippen LogP contribution in [0, 0.1) is 12.8 Å². The van der Waals surface area contributed by atoms with Crippen LogP contribution in [0.1, 0.15) is 30.5 Å². The summed E-state index contributed by atoms with van der Waals surface area (Å²) in [7, 11) is 3.38. The van der Waals surface area contributed by atoms with Gasteiger partial charge in [0.25, 0.3) is 0 Å². The fourth-order valence-electron chi connectivity index (χ4n) is 2.22. The van der Waals surface area contributed by atoms with E-state index in [-0.39, 0.29) is 6.04 Å². The van der Waals surface area contributed by atoms with E-state index in [1.54, 1.807) is 14.2 Å². The average molecular weight is 251 g/mol. The molecule has 0 spiro atoms. The monoisotopic (exact) mass is 251 g/mol. The SMILES string of the molecule is CCC(C(=O)O)C(NC)c1cc(C)ccc1OC. The quantitative estimate of drug-likeness (QED) is 0.815. The number of carboxylic acid groups (broad SMARTS) is 1. The summed E-state index contributed by atoms with van der Waals surface area (Å²) in [5.74, 6) is -0.536. The summed E-state index contributed by atoms with van der Waals surface area (Å²) in [6, 6.07) is 5.56. The zero-order valence-electron chi connectivity index (χ0n) is 11.4. The van der Waals surface area contributed by atoms with Crippen LogP contribution in [0.25, 0.3) is 0 Å². The molecule has 0 aliphatic carbocycles. The van der Waals surface area contributed by atoms with Gasteiger partial charge < -0.3 is 15.2 Å². The lowest BCUT2D eigenvalue weighted by atomic mass is 9.89. The summed E-state index contributed by atoms with van der Waals surface area (Å²) >= 11 is 0. The lowest BCUT2D eigenvalue weighted by molar-refractivity contribution is -0.143. The first-order chi connectivity index (χ1) is 8.54. The number of benzene rings is 1. The van der Waals surface area contributed by atoms with E-state index in [4.69, 9.17) is 4.74 Å². The fourth-order valence-corrected chi connectivity index (χ4v) is 2.22. The molecule has 0 aliphatic rings. The fraction of sp³-hybridized carbons (Fsp3) is 0.500. The van der Waals surface area contributed by atoms with Crippen molar-refractivity contribution in [1.29, 1.82) is 0 Å². The van der Waals surface area contributed by atoms with Crippen molar-refractivity contribution < 1.29 is 14.6 Å². The number of aliphatic carboxylic acids is 1. The Bertz CT molecular complexity index is 418. The molecular formula is C14H21NO3. The van der Waals surface area contributed by atoms with Crippen molar-refractivity contribution in [3.63, 3.8) is 0 Å². The van der Waals surface area contributed by atoms with Crippen molar-refractivity contribution in [1.82, 2.24) is 5.32 Å². The van der Waals surface area contributed by atoms with Crippen LogP contribution in [0.3, 0.4) is 0 Å².